The predicted molar refractivity (Wildman–Crippen MR) is 77.4 cm³/mol. The Kier molecular flexibility index (Phi) is 3.50. The molecule has 0 radical (unpaired) electrons. The van der Waals surface area contributed by atoms with Crippen molar-refractivity contribution in [1.82, 2.24) is 4.90 Å². The van der Waals surface area contributed by atoms with Crippen LogP contribution >= 0.6 is 0 Å². The Morgan fingerprint density at radius 1 is 1.26 bits per heavy atom. The van der Waals surface area contributed by atoms with E-state index in [-0.39, 0.29) is 6.04 Å². The van der Waals surface area contributed by atoms with E-state index in [1.165, 1.54) is 36.8 Å². The second-order valence-corrected chi connectivity index (χ2v) is 5.97. The predicted octanol–water partition coefficient (Wildman–Crippen LogP) is 2.49. The highest BCUT2D eigenvalue weighted by molar-refractivity contribution is 5.42. The highest BCUT2D eigenvalue weighted by Gasteiger charge is 2.36. The summed E-state index contributed by atoms with van der Waals surface area (Å²) in [5, 5.41) is 0. The van der Waals surface area contributed by atoms with Crippen molar-refractivity contribution < 1.29 is 4.74 Å². The zero-order valence-electron chi connectivity index (χ0n) is 11.9. The number of hydrogen-bond acceptors (Lipinski definition) is 3. The van der Waals surface area contributed by atoms with E-state index < -0.39 is 0 Å². The molecule has 2 atom stereocenters. The molecule has 0 aliphatic heterocycles. The first-order valence-electron chi connectivity index (χ1n) is 7.35. The maximum Gasteiger partial charge on any atom is 0.119 e. The van der Waals surface area contributed by atoms with Crippen LogP contribution in [0.3, 0.4) is 0 Å². The molecule has 19 heavy (non-hydrogen) atoms. The topological polar surface area (TPSA) is 38.5 Å². The van der Waals surface area contributed by atoms with Gasteiger partial charge in [-0.2, -0.15) is 0 Å². The molecule has 2 aliphatic carbocycles. The fourth-order valence-electron chi connectivity index (χ4n) is 3.74. The van der Waals surface area contributed by atoms with E-state index in [9.17, 15) is 0 Å². The van der Waals surface area contributed by atoms with Crippen molar-refractivity contribution in [2.24, 2.45) is 5.73 Å². The molecule has 0 aromatic heterocycles. The number of nitrogens with zero attached hydrogens (tertiary/aromatic N) is 1. The molecule has 1 saturated carbocycles. The van der Waals surface area contributed by atoms with Gasteiger partial charge in [-0.1, -0.05) is 18.9 Å². The summed E-state index contributed by atoms with van der Waals surface area (Å²) in [6, 6.07) is 7.64. The van der Waals surface area contributed by atoms with Gasteiger partial charge in [-0.25, -0.2) is 0 Å². The summed E-state index contributed by atoms with van der Waals surface area (Å²) < 4.78 is 5.31. The molecule has 1 fully saturated rings. The van der Waals surface area contributed by atoms with Crippen molar-refractivity contribution in [2.45, 2.75) is 50.2 Å². The number of nitrogens with two attached hydrogens (primary N) is 1. The van der Waals surface area contributed by atoms with Gasteiger partial charge in [0.1, 0.15) is 5.75 Å². The van der Waals surface area contributed by atoms with Crippen molar-refractivity contribution in [3.8, 4) is 5.75 Å². The fraction of sp³-hybridized carbons (Fsp3) is 0.625. The molecule has 2 N–H and O–H groups in total. The minimum absolute atomic E-state index is 0.121. The SMILES string of the molecule is COc1ccc2c(c1)C(N)C(N(C)C1CCCC1)C2. The lowest BCUT2D eigenvalue weighted by Crippen LogP contribution is -2.43. The lowest BCUT2D eigenvalue weighted by molar-refractivity contribution is 0.160. The first kappa shape index (κ1) is 12.9. The average Bonchev–Trinajstić information content (AvgIpc) is 3.06. The zero-order valence-corrected chi connectivity index (χ0v) is 11.9. The molecule has 0 saturated heterocycles. The van der Waals surface area contributed by atoms with Crippen LogP contribution in [0.5, 0.6) is 5.75 Å². The van der Waals surface area contributed by atoms with Gasteiger partial charge >= 0.3 is 0 Å². The summed E-state index contributed by atoms with van der Waals surface area (Å²) in [5.41, 5.74) is 9.15. The third kappa shape index (κ3) is 2.26. The lowest BCUT2D eigenvalue weighted by Gasteiger charge is -2.33. The summed E-state index contributed by atoms with van der Waals surface area (Å²) in [6.07, 6.45) is 6.49. The van der Waals surface area contributed by atoms with Crippen molar-refractivity contribution in [1.29, 1.82) is 0 Å². The Bertz CT molecular complexity index is 454. The number of likely N-dealkylation sites (N-methyl/N-ethyl adjacent to an activating group) is 1. The number of ether oxygens (including phenoxy) is 1. The Morgan fingerprint density at radius 3 is 2.68 bits per heavy atom. The average molecular weight is 260 g/mol. The Morgan fingerprint density at radius 2 is 2.00 bits per heavy atom. The smallest absolute Gasteiger partial charge is 0.119 e. The van der Waals surface area contributed by atoms with Crippen molar-refractivity contribution >= 4 is 0 Å². The third-order valence-corrected chi connectivity index (χ3v) is 4.98. The normalized spacial score (nSPS) is 26.9. The first-order chi connectivity index (χ1) is 9.20. The van der Waals surface area contributed by atoms with Crippen molar-refractivity contribution in [3.63, 3.8) is 0 Å². The van der Waals surface area contributed by atoms with Gasteiger partial charge in [-0.15, -0.1) is 0 Å². The van der Waals surface area contributed by atoms with Gasteiger partial charge in [-0.3, -0.25) is 4.90 Å². The monoisotopic (exact) mass is 260 g/mol. The van der Waals surface area contributed by atoms with Crippen LogP contribution in [0.15, 0.2) is 18.2 Å². The Hall–Kier alpha value is -1.06. The summed E-state index contributed by atoms with van der Waals surface area (Å²) in [7, 11) is 3.97. The second kappa shape index (κ2) is 5.14. The molecular weight excluding hydrogens is 236 g/mol. The Labute approximate surface area is 115 Å². The molecule has 0 bridgehead atoms. The molecule has 1 aromatic carbocycles. The largest absolute Gasteiger partial charge is 0.497 e. The van der Waals surface area contributed by atoms with Gasteiger partial charge in [0.05, 0.1) is 7.11 Å². The van der Waals surface area contributed by atoms with Crippen LogP contribution in [-0.4, -0.2) is 31.1 Å². The third-order valence-electron chi connectivity index (χ3n) is 4.98. The molecule has 1 aromatic rings. The maximum absolute atomic E-state index is 6.49. The number of hydrogen-bond donors (Lipinski definition) is 1. The molecule has 0 spiro atoms. The lowest BCUT2D eigenvalue weighted by atomic mass is 10.1. The minimum Gasteiger partial charge on any atom is -0.497 e. The van der Waals surface area contributed by atoms with Gasteiger partial charge in [0.15, 0.2) is 0 Å². The van der Waals surface area contributed by atoms with Gasteiger partial charge in [0.25, 0.3) is 0 Å². The first-order valence-corrected chi connectivity index (χ1v) is 7.35. The van der Waals surface area contributed by atoms with E-state index in [0.717, 1.165) is 18.2 Å². The molecule has 0 heterocycles. The quantitative estimate of drug-likeness (QED) is 0.907. The number of benzene rings is 1. The van der Waals surface area contributed by atoms with Gasteiger partial charge in [0.2, 0.25) is 0 Å². The molecule has 2 unspecified atom stereocenters. The minimum atomic E-state index is 0.121. The van der Waals surface area contributed by atoms with E-state index in [2.05, 4.69) is 24.1 Å². The molecule has 104 valence electrons. The number of methoxy groups -OCH3 is 1. The number of fused-ring (bicyclic) bond motifs is 1. The van der Waals surface area contributed by atoms with Crippen LogP contribution in [-0.2, 0) is 6.42 Å². The van der Waals surface area contributed by atoms with Crippen LogP contribution in [0.4, 0.5) is 0 Å². The van der Waals surface area contributed by atoms with Crippen molar-refractivity contribution in [3.05, 3.63) is 29.3 Å². The van der Waals surface area contributed by atoms with Crippen molar-refractivity contribution in [2.75, 3.05) is 14.2 Å². The summed E-state index contributed by atoms with van der Waals surface area (Å²) >= 11 is 0. The molecular formula is C16H24N2O. The summed E-state index contributed by atoms with van der Waals surface area (Å²) in [5.74, 6) is 0.915. The molecule has 0 amide bonds. The van der Waals surface area contributed by atoms with Crippen LogP contribution in [0.25, 0.3) is 0 Å². The van der Waals surface area contributed by atoms with Gasteiger partial charge in [-0.05, 0) is 49.6 Å². The molecule has 3 nitrogen and oxygen atoms in total. The van der Waals surface area contributed by atoms with E-state index in [1.807, 2.05) is 6.07 Å². The van der Waals surface area contributed by atoms with E-state index in [4.69, 9.17) is 10.5 Å². The fourth-order valence-corrected chi connectivity index (χ4v) is 3.74. The maximum atomic E-state index is 6.49. The standard InChI is InChI=1S/C16H24N2O/c1-18(12-5-3-4-6-12)15-9-11-7-8-13(19-2)10-14(11)16(15)17/h7-8,10,12,15-16H,3-6,9,17H2,1-2H3. The van der Waals surface area contributed by atoms with Crippen LogP contribution in [0.2, 0.25) is 0 Å². The van der Waals surface area contributed by atoms with E-state index in [0.29, 0.717) is 6.04 Å². The van der Waals surface area contributed by atoms with E-state index in [1.54, 1.807) is 7.11 Å². The second-order valence-electron chi connectivity index (χ2n) is 5.97. The van der Waals surface area contributed by atoms with E-state index >= 15 is 0 Å². The van der Waals surface area contributed by atoms with Gasteiger partial charge < -0.3 is 10.5 Å². The summed E-state index contributed by atoms with van der Waals surface area (Å²) in [4.78, 5) is 2.53. The molecule has 3 heteroatoms. The van der Waals surface area contributed by atoms with Crippen LogP contribution in [0, 0.1) is 0 Å². The number of rotatable bonds is 3. The highest BCUT2D eigenvalue weighted by Crippen LogP contribution is 2.37. The van der Waals surface area contributed by atoms with Crippen LogP contribution in [0.1, 0.15) is 42.9 Å². The Balaban J connectivity index is 1.80. The van der Waals surface area contributed by atoms with Gasteiger partial charge in [0, 0.05) is 18.1 Å². The van der Waals surface area contributed by atoms with Crippen LogP contribution < -0.4 is 10.5 Å². The zero-order chi connectivity index (χ0) is 13.4. The highest BCUT2D eigenvalue weighted by atomic mass is 16.5. The molecule has 3 rings (SSSR count). The molecule has 2 aliphatic rings. The summed E-state index contributed by atoms with van der Waals surface area (Å²) in [6.45, 7) is 0.